The van der Waals surface area contributed by atoms with Crippen molar-refractivity contribution >= 4 is 67.4 Å². The van der Waals surface area contributed by atoms with Crippen LogP contribution in [0.3, 0.4) is 0 Å². The van der Waals surface area contributed by atoms with Gasteiger partial charge in [-0.2, -0.15) is 0 Å². The second-order valence-corrected chi connectivity index (χ2v) is 7.76. The van der Waals surface area contributed by atoms with Gasteiger partial charge < -0.3 is 10.4 Å². The Hall–Kier alpha value is -1.01. The maximum atomic E-state index is 14.5. The molecule has 0 fully saturated rings. The zero-order valence-corrected chi connectivity index (χ0v) is 17.7. The minimum Gasteiger partial charge on any atom is -0.391 e. The van der Waals surface area contributed by atoms with Crippen LogP contribution in [0.25, 0.3) is 0 Å². The Morgan fingerprint density at radius 2 is 2.08 bits per heavy atom. The fourth-order valence-electron chi connectivity index (χ4n) is 1.90. The molecule has 5 nitrogen and oxygen atoms in total. The lowest BCUT2D eigenvalue weighted by molar-refractivity contribution is -0.00684. The van der Waals surface area contributed by atoms with E-state index >= 15 is 0 Å². The maximum Gasteiger partial charge on any atom is 0.277 e. The number of anilines is 2. The van der Waals surface area contributed by atoms with E-state index in [1.807, 2.05) is 0 Å². The molecule has 0 heterocycles. The van der Waals surface area contributed by atoms with Crippen molar-refractivity contribution in [3.05, 3.63) is 54.5 Å². The molecule has 0 aliphatic carbocycles. The van der Waals surface area contributed by atoms with Crippen LogP contribution in [0.5, 0.6) is 0 Å². The molecule has 0 radical (unpaired) electrons. The summed E-state index contributed by atoms with van der Waals surface area (Å²) in [7, 11) is 0. The molecular formula is C16H13BrClF2IN2O3. The van der Waals surface area contributed by atoms with E-state index in [9.17, 15) is 13.6 Å². The van der Waals surface area contributed by atoms with Crippen LogP contribution in [0.15, 0.2) is 28.7 Å². The summed E-state index contributed by atoms with van der Waals surface area (Å²) in [6.45, 7) is 1.30. The van der Waals surface area contributed by atoms with Crippen LogP contribution in [-0.2, 0) is 4.84 Å². The quantitative estimate of drug-likeness (QED) is 0.270. The Balaban J connectivity index is 2.39. The lowest BCUT2D eigenvalue weighted by atomic mass is 10.1. The van der Waals surface area contributed by atoms with Crippen molar-refractivity contribution in [3.8, 4) is 0 Å². The molecule has 3 N–H and O–H groups in total. The number of rotatable bonds is 6. The average molecular weight is 562 g/mol. The van der Waals surface area contributed by atoms with E-state index in [1.165, 1.54) is 6.92 Å². The molecule has 0 bridgehead atoms. The highest BCUT2D eigenvalue weighted by atomic mass is 127. The molecular weight excluding hydrogens is 548 g/mol. The second-order valence-electron chi connectivity index (χ2n) is 5.25. The summed E-state index contributed by atoms with van der Waals surface area (Å²) in [5, 5.41) is 12.1. The molecule has 0 aliphatic heterocycles. The number of hydrogen-bond acceptors (Lipinski definition) is 4. The Morgan fingerprint density at radius 3 is 2.69 bits per heavy atom. The number of carbonyl (C=O) groups is 1. The highest BCUT2D eigenvalue weighted by molar-refractivity contribution is 14.1. The lowest BCUT2D eigenvalue weighted by Crippen LogP contribution is -2.28. The first-order valence-electron chi connectivity index (χ1n) is 7.20. The van der Waals surface area contributed by atoms with Crippen molar-refractivity contribution in [2.24, 2.45) is 0 Å². The van der Waals surface area contributed by atoms with Gasteiger partial charge in [-0.3, -0.25) is 9.63 Å². The van der Waals surface area contributed by atoms with E-state index in [2.05, 4.69) is 49.3 Å². The van der Waals surface area contributed by atoms with E-state index in [1.54, 1.807) is 18.2 Å². The van der Waals surface area contributed by atoms with Gasteiger partial charge in [0.2, 0.25) is 0 Å². The Labute approximate surface area is 175 Å². The van der Waals surface area contributed by atoms with Crippen LogP contribution >= 0.6 is 50.1 Å². The number of nitrogens with one attached hydrogen (secondary N) is 2. The minimum atomic E-state index is -1.25. The van der Waals surface area contributed by atoms with Crippen molar-refractivity contribution in [1.82, 2.24) is 5.48 Å². The van der Waals surface area contributed by atoms with Crippen molar-refractivity contribution in [2.75, 3.05) is 11.9 Å². The molecule has 140 valence electrons. The van der Waals surface area contributed by atoms with Crippen molar-refractivity contribution in [2.45, 2.75) is 13.0 Å². The number of benzene rings is 2. The van der Waals surface area contributed by atoms with Crippen molar-refractivity contribution in [3.63, 3.8) is 0 Å². The first-order valence-corrected chi connectivity index (χ1v) is 9.45. The van der Waals surface area contributed by atoms with Crippen LogP contribution < -0.4 is 10.8 Å². The van der Waals surface area contributed by atoms with Gasteiger partial charge in [-0.25, -0.2) is 14.3 Å². The van der Waals surface area contributed by atoms with E-state index in [-0.39, 0.29) is 21.7 Å². The van der Waals surface area contributed by atoms with Gasteiger partial charge in [0.15, 0.2) is 11.6 Å². The normalized spacial score (nSPS) is 12.0. The Kier molecular flexibility index (Phi) is 7.59. The van der Waals surface area contributed by atoms with Gasteiger partial charge in [0.25, 0.3) is 5.91 Å². The summed E-state index contributed by atoms with van der Waals surface area (Å²) >= 11 is 11.0. The summed E-state index contributed by atoms with van der Waals surface area (Å²) < 4.78 is 29.1. The van der Waals surface area contributed by atoms with Gasteiger partial charge in [-0.15, -0.1) is 0 Å². The minimum absolute atomic E-state index is 0.164. The van der Waals surface area contributed by atoms with Gasteiger partial charge in [-0.05, 0) is 69.7 Å². The van der Waals surface area contributed by atoms with Crippen LogP contribution in [0.4, 0.5) is 20.2 Å². The van der Waals surface area contributed by atoms with Crippen molar-refractivity contribution < 1.29 is 23.5 Å². The number of aliphatic hydroxyl groups is 1. The van der Waals surface area contributed by atoms with Gasteiger partial charge in [-0.1, -0.05) is 11.6 Å². The number of amides is 1. The molecule has 0 spiro atoms. The predicted molar refractivity (Wildman–Crippen MR) is 107 cm³/mol. The zero-order valence-electron chi connectivity index (χ0n) is 13.2. The number of hydrogen-bond donors (Lipinski definition) is 3. The molecule has 0 saturated heterocycles. The number of carbonyl (C=O) groups excluding carboxylic acids is 1. The highest BCUT2D eigenvalue weighted by Crippen LogP contribution is 2.34. The summed E-state index contributed by atoms with van der Waals surface area (Å²) in [6, 6.07) is 6.04. The van der Waals surface area contributed by atoms with Crippen molar-refractivity contribution in [1.29, 1.82) is 0 Å². The van der Waals surface area contributed by atoms with E-state index < -0.39 is 29.3 Å². The second kappa shape index (κ2) is 9.27. The Morgan fingerprint density at radius 1 is 1.38 bits per heavy atom. The molecule has 2 aromatic rings. The summed E-state index contributed by atoms with van der Waals surface area (Å²) in [5.41, 5.74) is 1.76. The molecule has 1 atom stereocenters. The van der Waals surface area contributed by atoms with Gasteiger partial charge >= 0.3 is 0 Å². The van der Waals surface area contributed by atoms with Crippen LogP contribution in [0.2, 0.25) is 5.02 Å². The summed E-state index contributed by atoms with van der Waals surface area (Å²) in [6.07, 6.45) is -0.810. The molecule has 1 amide bonds. The number of hydroxylamine groups is 1. The number of halogens is 5. The third kappa shape index (κ3) is 5.26. The smallest absolute Gasteiger partial charge is 0.277 e. The molecule has 1 unspecified atom stereocenters. The largest absolute Gasteiger partial charge is 0.391 e. The Bertz CT molecular complexity index is 840. The van der Waals surface area contributed by atoms with Crippen LogP contribution in [-0.4, -0.2) is 23.7 Å². The summed E-state index contributed by atoms with van der Waals surface area (Å²) in [4.78, 5) is 17.1. The zero-order chi connectivity index (χ0) is 19.4. The van der Waals surface area contributed by atoms with Crippen LogP contribution in [0.1, 0.15) is 17.3 Å². The fraction of sp³-hybridized carbons (Fsp3) is 0.188. The molecule has 2 rings (SSSR count). The number of aliphatic hydroxyl groups excluding tert-OH is 1. The molecule has 10 heteroatoms. The lowest BCUT2D eigenvalue weighted by Gasteiger charge is -2.16. The monoisotopic (exact) mass is 560 g/mol. The van der Waals surface area contributed by atoms with E-state index in [4.69, 9.17) is 21.5 Å². The molecule has 0 aromatic heterocycles. The van der Waals surface area contributed by atoms with Gasteiger partial charge in [0.05, 0.1) is 32.5 Å². The molecule has 26 heavy (non-hydrogen) atoms. The first-order chi connectivity index (χ1) is 12.2. The maximum absolute atomic E-state index is 14.5. The first kappa shape index (κ1) is 21.3. The third-order valence-electron chi connectivity index (χ3n) is 3.09. The third-order valence-corrected chi connectivity index (χ3v) is 4.65. The fourth-order valence-corrected chi connectivity index (χ4v) is 3.21. The van der Waals surface area contributed by atoms with Gasteiger partial charge in [0.1, 0.15) is 6.61 Å². The molecule has 0 saturated carbocycles. The SMILES string of the molecule is CC(O)CONC(=O)c1cc(Br)c(F)c(F)c1Nc1ccc(I)cc1Cl. The molecule has 2 aromatic carbocycles. The molecule has 0 aliphatic rings. The predicted octanol–water partition coefficient (Wildman–Crippen LogP) is 4.77. The van der Waals surface area contributed by atoms with Gasteiger partial charge in [0, 0.05) is 3.57 Å². The topological polar surface area (TPSA) is 70.6 Å². The highest BCUT2D eigenvalue weighted by Gasteiger charge is 2.23. The summed E-state index contributed by atoms with van der Waals surface area (Å²) in [5.74, 6) is -3.24. The van der Waals surface area contributed by atoms with Crippen LogP contribution in [0, 0.1) is 15.2 Å². The standard InChI is InChI=1S/C16H13BrClF2IN2O3/c1-7(24)6-26-23-16(25)9-5-10(17)13(19)14(20)15(9)22-12-3-2-8(21)4-11(12)18/h2-5,7,22,24H,6H2,1H3,(H,23,25). The average Bonchev–Trinajstić information content (AvgIpc) is 2.56. The van der Waals surface area contributed by atoms with E-state index in [0.717, 1.165) is 9.64 Å². The van der Waals surface area contributed by atoms with E-state index in [0.29, 0.717) is 5.69 Å².